The van der Waals surface area contributed by atoms with Gasteiger partial charge in [0.15, 0.2) is 5.69 Å². The second kappa shape index (κ2) is 11.4. The molecule has 4 aromatic rings. The fourth-order valence-electron chi connectivity index (χ4n) is 6.55. The number of anilines is 1. The first kappa shape index (κ1) is 26.5. The summed E-state index contributed by atoms with van der Waals surface area (Å²) in [6.07, 6.45) is 4.82. The lowest BCUT2D eigenvalue weighted by Gasteiger charge is -2.50. The highest BCUT2D eigenvalue weighted by Crippen LogP contribution is 2.42. The summed E-state index contributed by atoms with van der Waals surface area (Å²) < 4.78 is 2.96. The van der Waals surface area contributed by atoms with Crippen LogP contribution in [-0.4, -0.2) is 37.3 Å². The van der Waals surface area contributed by atoms with E-state index in [1.54, 1.807) is 12.1 Å². The first-order valence-electron chi connectivity index (χ1n) is 14.1. The third-order valence-corrected chi connectivity index (χ3v) is 8.19. The van der Waals surface area contributed by atoms with Gasteiger partial charge >= 0.3 is 5.97 Å². The molecule has 0 saturated carbocycles. The van der Waals surface area contributed by atoms with E-state index in [0.717, 1.165) is 42.2 Å². The molecule has 2 aromatic carbocycles. The molecule has 1 N–H and O–H groups in total. The number of hydrogen-bond donors (Lipinski definition) is 1. The molecule has 2 saturated heterocycles. The van der Waals surface area contributed by atoms with E-state index in [9.17, 15) is 19.5 Å². The molecule has 2 bridgehead atoms. The lowest BCUT2D eigenvalue weighted by molar-refractivity contribution is -0.137. The van der Waals surface area contributed by atoms with Crippen molar-refractivity contribution in [3.05, 3.63) is 118 Å². The molecule has 41 heavy (non-hydrogen) atoms. The van der Waals surface area contributed by atoms with Crippen molar-refractivity contribution >= 4 is 22.7 Å². The Bertz CT molecular complexity index is 1740. The molecule has 8 heteroatoms. The molecular weight excluding hydrogens is 516 g/mol. The number of para-hydroxylation sites is 2. The standard InChI is InChI=1S/C33H32N4O4/c38-30-19-11-18-29(35(30)22-31(39)40)32-33(41)37(28-17-9-8-16-27(28)34-32)26-20-24-14-10-15-25(21-26)36(24)23-12-6-4-2-1-3-5-7-13-23/h1-9,11-13,16-19,24-26H,10,14-15,20-22H2,(H,39,40). The maximum absolute atomic E-state index is 14.3. The topological polar surface area (TPSA) is 97.4 Å². The van der Waals surface area contributed by atoms with Crippen molar-refractivity contribution in [2.75, 3.05) is 4.90 Å². The third-order valence-electron chi connectivity index (χ3n) is 8.19. The molecule has 2 fully saturated rings. The summed E-state index contributed by atoms with van der Waals surface area (Å²) in [6.45, 7) is -0.548. The maximum Gasteiger partial charge on any atom is 0.323 e. The van der Waals surface area contributed by atoms with Crippen LogP contribution < -0.4 is 16.0 Å². The lowest BCUT2D eigenvalue weighted by Crippen LogP contribution is -2.53. The molecular formula is C33H32N4O4. The Morgan fingerprint density at radius 1 is 0.780 bits per heavy atom. The van der Waals surface area contributed by atoms with Gasteiger partial charge in [-0.2, -0.15) is 0 Å². The SMILES string of the molecule is O=C(O)Cn1c(-c2nc3ccccc3n(C3CC4CCCC(C3)N4c3ccccccccc3)c2=O)cccc1=O. The van der Waals surface area contributed by atoms with Gasteiger partial charge in [-0.25, -0.2) is 4.98 Å². The van der Waals surface area contributed by atoms with E-state index >= 15 is 0 Å². The first-order chi connectivity index (χ1) is 20.0. The van der Waals surface area contributed by atoms with Crippen LogP contribution in [0.15, 0.2) is 107 Å². The van der Waals surface area contributed by atoms with Crippen LogP contribution >= 0.6 is 0 Å². The predicted octanol–water partition coefficient (Wildman–Crippen LogP) is 5.20. The van der Waals surface area contributed by atoms with Crippen molar-refractivity contribution < 1.29 is 9.90 Å². The van der Waals surface area contributed by atoms with E-state index in [2.05, 4.69) is 34.1 Å². The fourth-order valence-corrected chi connectivity index (χ4v) is 6.55. The summed E-state index contributed by atoms with van der Waals surface area (Å²) in [5, 5.41) is 9.46. The van der Waals surface area contributed by atoms with Gasteiger partial charge in [-0.05, 0) is 62.4 Å². The van der Waals surface area contributed by atoms with Crippen LogP contribution in [-0.2, 0) is 11.3 Å². The van der Waals surface area contributed by atoms with Gasteiger partial charge in [-0.15, -0.1) is 0 Å². The number of carboxylic acids is 1. The Morgan fingerprint density at radius 3 is 2.10 bits per heavy atom. The third kappa shape index (κ3) is 5.25. The Balaban J connectivity index is 1.46. The molecule has 208 valence electrons. The molecule has 0 amide bonds. The van der Waals surface area contributed by atoms with Crippen LogP contribution in [0.1, 0.15) is 38.1 Å². The van der Waals surface area contributed by atoms with Gasteiger partial charge in [0, 0.05) is 29.9 Å². The molecule has 0 spiro atoms. The average molecular weight is 549 g/mol. The molecule has 2 atom stereocenters. The summed E-state index contributed by atoms with van der Waals surface area (Å²) in [5.41, 5.74) is 2.08. The summed E-state index contributed by atoms with van der Waals surface area (Å²) in [6, 6.07) is 31.0. The number of carboxylic acid groups (broad SMARTS) is 1. The Kier molecular flexibility index (Phi) is 7.37. The van der Waals surface area contributed by atoms with E-state index in [-0.39, 0.29) is 35.1 Å². The lowest BCUT2D eigenvalue weighted by atomic mass is 9.81. The highest BCUT2D eigenvalue weighted by atomic mass is 16.4. The van der Waals surface area contributed by atoms with Crippen LogP contribution in [0.3, 0.4) is 0 Å². The number of pyridine rings is 1. The molecule has 2 unspecified atom stereocenters. The van der Waals surface area contributed by atoms with Crippen molar-refractivity contribution in [1.29, 1.82) is 0 Å². The number of piperidine rings is 2. The maximum atomic E-state index is 14.3. The number of aromatic nitrogens is 3. The number of carbonyl (C=O) groups is 1. The van der Waals surface area contributed by atoms with Gasteiger partial charge in [0.1, 0.15) is 6.54 Å². The number of benzene rings is 1. The normalized spacial score (nSPS) is 19.9. The summed E-state index contributed by atoms with van der Waals surface area (Å²) >= 11 is 0. The highest BCUT2D eigenvalue weighted by Gasteiger charge is 2.40. The molecule has 0 aliphatic carbocycles. The fraction of sp³-hybridized carbons (Fsp3) is 0.273. The number of nitrogens with zero attached hydrogens (tertiary/aromatic N) is 4. The van der Waals surface area contributed by atoms with Crippen molar-refractivity contribution in [1.82, 2.24) is 14.1 Å². The zero-order valence-corrected chi connectivity index (χ0v) is 22.7. The van der Waals surface area contributed by atoms with E-state index in [4.69, 9.17) is 0 Å². The van der Waals surface area contributed by atoms with Crippen LogP contribution in [0.25, 0.3) is 22.4 Å². The van der Waals surface area contributed by atoms with E-state index in [1.165, 1.54) is 11.8 Å². The number of rotatable bonds is 5. The molecule has 8 nitrogen and oxygen atoms in total. The van der Waals surface area contributed by atoms with Crippen molar-refractivity contribution in [3.63, 3.8) is 0 Å². The summed E-state index contributed by atoms with van der Waals surface area (Å²) in [7, 11) is 0. The largest absolute Gasteiger partial charge is 0.480 e. The van der Waals surface area contributed by atoms with Crippen LogP contribution in [0.5, 0.6) is 0 Å². The Hall–Kier alpha value is -4.72. The Labute approximate surface area is 237 Å². The molecule has 2 aromatic heterocycles. The van der Waals surface area contributed by atoms with Crippen LogP contribution in [0, 0.1) is 0 Å². The summed E-state index contributed by atoms with van der Waals surface area (Å²) in [4.78, 5) is 45.7. The van der Waals surface area contributed by atoms with Gasteiger partial charge in [0.25, 0.3) is 11.1 Å². The van der Waals surface area contributed by atoms with Crippen molar-refractivity contribution in [2.24, 2.45) is 0 Å². The number of fused-ring (bicyclic) bond motifs is 3. The second-order valence-electron chi connectivity index (χ2n) is 10.7. The average Bonchev–Trinajstić information content (AvgIpc) is 2.96. The second-order valence-corrected chi connectivity index (χ2v) is 10.7. The number of hydrogen-bond acceptors (Lipinski definition) is 5. The van der Waals surface area contributed by atoms with Crippen molar-refractivity contribution in [2.45, 2.75) is 56.8 Å². The minimum atomic E-state index is -1.16. The van der Waals surface area contributed by atoms with Crippen molar-refractivity contribution in [3.8, 4) is 11.4 Å². The zero-order chi connectivity index (χ0) is 28.3. The van der Waals surface area contributed by atoms with Gasteiger partial charge in [0.05, 0.1) is 16.7 Å². The monoisotopic (exact) mass is 548 g/mol. The molecule has 2 aliphatic rings. The van der Waals surface area contributed by atoms with Gasteiger partial charge in [-0.1, -0.05) is 60.7 Å². The quantitative estimate of drug-likeness (QED) is 0.368. The molecule has 0 radical (unpaired) electrons. The molecule has 2 aliphatic heterocycles. The Morgan fingerprint density at radius 2 is 1.41 bits per heavy atom. The zero-order valence-electron chi connectivity index (χ0n) is 22.7. The van der Waals surface area contributed by atoms with Crippen LogP contribution in [0.2, 0.25) is 0 Å². The van der Waals surface area contributed by atoms with E-state index < -0.39 is 18.1 Å². The molecule has 6 rings (SSSR count). The van der Waals surface area contributed by atoms with Gasteiger partial charge in [-0.3, -0.25) is 19.0 Å². The highest BCUT2D eigenvalue weighted by molar-refractivity contribution is 5.78. The first-order valence-corrected chi connectivity index (χ1v) is 14.1. The van der Waals surface area contributed by atoms with Gasteiger partial charge < -0.3 is 14.6 Å². The summed E-state index contributed by atoms with van der Waals surface area (Å²) in [5.74, 6) is -1.16. The minimum Gasteiger partial charge on any atom is -0.480 e. The van der Waals surface area contributed by atoms with Gasteiger partial charge in [0.2, 0.25) is 0 Å². The van der Waals surface area contributed by atoms with E-state index in [1.807, 2.05) is 59.2 Å². The minimum absolute atomic E-state index is 0.0634. The van der Waals surface area contributed by atoms with Crippen LogP contribution in [0.4, 0.5) is 5.69 Å². The van der Waals surface area contributed by atoms with E-state index in [0.29, 0.717) is 5.52 Å². The predicted molar refractivity (Wildman–Crippen MR) is 160 cm³/mol. The number of aliphatic carboxylic acids is 1. The smallest absolute Gasteiger partial charge is 0.323 e. The molecule has 4 heterocycles.